The van der Waals surface area contributed by atoms with Crippen molar-refractivity contribution in [1.29, 1.82) is 5.26 Å². The molecule has 106 valence electrons. The smallest absolute Gasteiger partial charge is 0.245 e. The normalized spacial score (nSPS) is 11.4. The molecule has 5 nitrogen and oxygen atoms in total. The standard InChI is InChI=1S/C15H11BrN2O3/c16-13-6-11(9-21-13)14(19)12(7-17)15(20)18-8-10-4-2-1-3-5-10/h1-6,9,12H,8H2,(H,18,20). The lowest BCUT2D eigenvalue weighted by atomic mass is 10.0. The van der Waals surface area contributed by atoms with Crippen LogP contribution < -0.4 is 5.32 Å². The Balaban J connectivity index is 2.02. The van der Waals surface area contributed by atoms with Gasteiger partial charge >= 0.3 is 0 Å². The Labute approximate surface area is 129 Å². The van der Waals surface area contributed by atoms with Gasteiger partial charge in [-0.05, 0) is 21.5 Å². The Morgan fingerprint density at radius 3 is 2.62 bits per heavy atom. The SMILES string of the molecule is N#CC(C(=O)NCc1ccccc1)C(=O)c1coc(Br)c1. The van der Waals surface area contributed by atoms with Crippen molar-refractivity contribution in [3.05, 3.63) is 58.5 Å². The fourth-order valence-corrected chi connectivity index (χ4v) is 2.07. The summed E-state index contributed by atoms with van der Waals surface area (Å²) in [5.74, 6) is -2.60. The summed E-state index contributed by atoms with van der Waals surface area (Å²) in [5, 5.41) is 11.6. The second-order valence-corrected chi connectivity index (χ2v) is 5.05. The molecule has 1 N–H and O–H groups in total. The number of nitrogens with zero attached hydrogens (tertiary/aromatic N) is 1. The molecule has 2 rings (SSSR count). The zero-order valence-electron chi connectivity index (χ0n) is 10.9. The highest BCUT2D eigenvalue weighted by molar-refractivity contribution is 9.10. The van der Waals surface area contributed by atoms with Crippen molar-refractivity contribution in [2.24, 2.45) is 5.92 Å². The molecule has 0 bridgehead atoms. The van der Waals surface area contributed by atoms with Crippen LogP contribution in [0.15, 0.2) is 51.7 Å². The average Bonchev–Trinajstić information content (AvgIpc) is 2.93. The molecule has 0 saturated carbocycles. The molecule has 1 atom stereocenters. The summed E-state index contributed by atoms with van der Waals surface area (Å²) < 4.78 is 5.31. The van der Waals surface area contributed by atoms with E-state index in [1.54, 1.807) is 6.07 Å². The first-order valence-corrected chi connectivity index (χ1v) is 6.90. The number of furan rings is 1. The van der Waals surface area contributed by atoms with E-state index in [4.69, 9.17) is 9.68 Å². The van der Waals surface area contributed by atoms with E-state index in [-0.39, 0.29) is 12.1 Å². The van der Waals surface area contributed by atoms with E-state index >= 15 is 0 Å². The first-order valence-electron chi connectivity index (χ1n) is 6.11. The Kier molecular flexibility index (Phi) is 4.90. The minimum atomic E-state index is -1.39. The van der Waals surface area contributed by atoms with Crippen LogP contribution in [0.1, 0.15) is 15.9 Å². The van der Waals surface area contributed by atoms with Gasteiger partial charge in [-0.3, -0.25) is 9.59 Å². The van der Waals surface area contributed by atoms with Crippen molar-refractivity contribution < 1.29 is 14.0 Å². The number of amides is 1. The molecule has 21 heavy (non-hydrogen) atoms. The van der Waals surface area contributed by atoms with Crippen LogP contribution in [0.2, 0.25) is 0 Å². The molecule has 0 saturated heterocycles. The number of hydrogen-bond acceptors (Lipinski definition) is 4. The van der Waals surface area contributed by atoms with E-state index in [1.807, 2.05) is 30.3 Å². The topological polar surface area (TPSA) is 83.1 Å². The number of hydrogen-bond donors (Lipinski definition) is 1. The number of carbonyl (C=O) groups excluding carboxylic acids is 2. The van der Waals surface area contributed by atoms with Gasteiger partial charge < -0.3 is 9.73 Å². The van der Waals surface area contributed by atoms with Crippen LogP contribution in [0.25, 0.3) is 0 Å². The van der Waals surface area contributed by atoms with Crippen LogP contribution in [0.3, 0.4) is 0 Å². The van der Waals surface area contributed by atoms with Crippen molar-refractivity contribution >= 4 is 27.6 Å². The first-order chi connectivity index (χ1) is 10.1. The number of carbonyl (C=O) groups is 2. The van der Waals surface area contributed by atoms with Gasteiger partial charge in [-0.25, -0.2) is 0 Å². The van der Waals surface area contributed by atoms with Crippen LogP contribution >= 0.6 is 15.9 Å². The van der Waals surface area contributed by atoms with Crippen LogP contribution in [0.4, 0.5) is 0 Å². The summed E-state index contributed by atoms with van der Waals surface area (Å²) >= 11 is 3.07. The van der Waals surface area contributed by atoms with Gasteiger partial charge in [0.1, 0.15) is 6.26 Å². The van der Waals surface area contributed by atoms with Gasteiger partial charge in [-0.15, -0.1) is 0 Å². The number of benzene rings is 1. The third kappa shape index (κ3) is 3.80. The molecule has 0 fully saturated rings. The third-order valence-corrected chi connectivity index (χ3v) is 3.23. The number of nitrogens with one attached hydrogen (secondary N) is 1. The highest BCUT2D eigenvalue weighted by atomic mass is 79.9. The third-order valence-electron chi connectivity index (χ3n) is 2.82. The molecule has 0 aliphatic heterocycles. The molecule has 0 aliphatic carbocycles. The van der Waals surface area contributed by atoms with E-state index in [0.29, 0.717) is 4.67 Å². The maximum absolute atomic E-state index is 12.1. The minimum absolute atomic E-state index is 0.184. The minimum Gasteiger partial charge on any atom is -0.457 e. The van der Waals surface area contributed by atoms with E-state index < -0.39 is 17.6 Å². The second-order valence-electron chi connectivity index (χ2n) is 4.27. The molecule has 0 radical (unpaired) electrons. The Hall–Kier alpha value is -2.39. The summed E-state index contributed by atoms with van der Waals surface area (Å²) in [7, 11) is 0. The maximum Gasteiger partial charge on any atom is 0.245 e. The van der Waals surface area contributed by atoms with Gasteiger partial charge in [-0.2, -0.15) is 5.26 Å². The van der Waals surface area contributed by atoms with Crippen molar-refractivity contribution in [1.82, 2.24) is 5.32 Å². The molecule has 0 spiro atoms. The summed E-state index contributed by atoms with van der Waals surface area (Å²) in [4.78, 5) is 24.1. The van der Waals surface area contributed by atoms with E-state index in [9.17, 15) is 9.59 Å². The second kappa shape index (κ2) is 6.86. The number of rotatable bonds is 5. The number of ketones is 1. The average molecular weight is 347 g/mol. The fraction of sp³-hybridized carbons (Fsp3) is 0.133. The summed E-state index contributed by atoms with van der Waals surface area (Å²) in [6, 6.07) is 12.4. The molecule has 1 unspecified atom stereocenters. The molecular formula is C15H11BrN2O3. The molecule has 1 aromatic heterocycles. The summed E-state index contributed by atoms with van der Waals surface area (Å²) in [6.45, 7) is 0.264. The van der Waals surface area contributed by atoms with E-state index in [0.717, 1.165) is 5.56 Å². The van der Waals surface area contributed by atoms with Gasteiger partial charge in [0.25, 0.3) is 0 Å². The molecule has 2 aromatic rings. The Morgan fingerprint density at radius 2 is 2.05 bits per heavy atom. The van der Waals surface area contributed by atoms with Crippen LogP contribution in [0, 0.1) is 17.2 Å². The molecule has 1 aromatic carbocycles. The lowest BCUT2D eigenvalue weighted by Gasteiger charge is -2.08. The number of nitriles is 1. The predicted molar refractivity (Wildman–Crippen MR) is 78.1 cm³/mol. The fourth-order valence-electron chi connectivity index (χ4n) is 1.73. The van der Waals surface area contributed by atoms with Gasteiger partial charge in [-0.1, -0.05) is 30.3 Å². The van der Waals surface area contributed by atoms with Gasteiger partial charge in [0.2, 0.25) is 5.91 Å². The Morgan fingerprint density at radius 1 is 1.33 bits per heavy atom. The summed E-state index contributed by atoms with van der Waals surface area (Å²) in [6.07, 6.45) is 1.21. The van der Waals surface area contributed by atoms with Crippen molar-refractivity contribution in [2.45, 2.75) is 6.54 Å². The summed E-state index contributed by atoms with van der Waals surface area (Å²) in [5.41, 5.74) is 1.07. The zero-order valence-corrected chi connectivity index (χ0v) is 12.5. The molecule has 0 aliphatic rings. The first kappa shape index (κ1) is 15.0. The highest BCUT2D eigenvalue weighted by Crippen LogP contribution is 2.17. The molecule has 1 heterocycles. The molecule has 1 amide bonds. The van der Waals surface area contributed by atoms with Crippen LogP contribution in [0.5, 0.6) is 0 Å². The highest BCUT2D eigenvalue weighted by Gasteiger charge is 2.28. The Bertz CT molecular complexity index is 688. The molecular weight excluding hydrogens is 336 g/mol. The van der Waals surface area contributed by atoms with Crippen LogP contribution in [-0.2, 0) is 11.3 Å². The quantitative estimate of drug-likeness (QED) is 0.666. The maximum atomic E-state index is 12.1. The lowest BCUT2D eigenvalue weighted by Crippen LogP contribution is -2.34. The van der Waals surface area contributed by atoms with Gasteiger partial charge in [0, 0.05) is 12.6 Å². The van der Waals surface area contributed by atoms with E-state index in [2.05, 4.69) is 21.2 Å². The van der Waals surface area contributed by atoms with Crippen molar-refractivity contribution in [3.8, 4) is 6.07 Å². The van der Waals surface area contributed by atoms with Gasteiger partial charge in [0.15, 0.2) is 16.4 Å². The van der Waals surface area contributed by atoms with Crippen molar-refractivity contribution in [2.75, 3.05) is 0 Å². The predicted octanol–water partition coefficient (Wildman–Crippen LogP) is 2.68. The monoisotopic (exact) mass is 346 g/mol. The largest absolute Gasteiger partial charge is 0.457 e. The van der Waals surface area contributed by atoms with Gasteiger partial charge in [0.05, 0.1) is 11.6 Å². The van der Waals surface area contributed by atoms with E-state index in [1.165, 1.54) is 12.3 Å². The molecule has 6 heteroatoms. The van der Waals surface area contributed by atoms with Crippen LogP contribution in [-0.4, -0.2) is 11.7 Å². The zero-order chi connectivity index (χ0) is 15.2. The number of Topliss-reactive ketones (excluding diaryl/α,β-unsaturated/α-hetero) is 1. The lowest BCUT2D eigenvalue weighted by molar-refractivity contribution is -0.122. The number of halogens is 1. The van der Waals surface area contributed by atoms with Crippen molar-refractivity contribution in [3.63, 3.8) is 0 Å².